The van der Waals surface area contributed by atoms with Crippen LogP contribution in [0.4, 0.5) is 5.95 Å². The van der Waals surface area contributed by atoms with E-state index >= 15 is 0 Å². The number of aliphatic imine (C=N–C) groups is 1. The molecule has 18 heteroatoms. The first-order chi connectivity index (χ1) is 36.7. The van der Waals surface area contributed by atoms with E-state index in [4.69, 9.17) is 5.73 Å². The fraction of sp³-hybridized carbons (Fsp3) is 0.407. The molecule has 18 nitrogen and oxygen atoms in total. The number of H-pyrrole nitrogens is 1. The topological polar surface area (TPSA) is 200 Å². The second kappa shape index (κ2) is 27.1. The van der Waals surface area contributed by atoms with Gasteiger partial charge in [0, 0.05) is 119 Å². The molecule has 2 aliphatic heterocycles. The second-order valence-corrected chi connectivity index (χ2v) is 18.8. The first-order valence-corrected chi connectivity index (χ1v) is 26.7. The average Bonchev–Trinajstić information content (AvgIpc) is 4.19. The highest BCUT2D eigenvalue weighted by atomic mass is 16.1. The minimum absolute atomic E-state index is 0.0350. The molecular formula is C59H83N17O. The van der Waals surface area contributed by atoms with Crippen molar-refractivity contribution in [2.24, 2.45) is 33.2 Å². The Morgan fingerprint density at radius 2 is 1.14 bits per heavy atom. The Labute approximate surface area is 455 Å². The Bertz CT molecular complexity index is 3530. The number of aryl methyl sites for hydroxylation is 11. The number of hydrogen-bond acceptors (Lipinski definition) is 13. The van der Waals surface area contributed by atoms with E-state index in [-0.39, 0.29) is 5.56 Å². The molecule has 10 rings (SSSR count). The maximum Gasteiger partial charge on any atom is 0.260 e. The van der Waals surface area contributed by atoms with Crippen LogP contribution in [0, 0.1) is 6.92 Å². The summed E-state index contributed by atoms with van der Waals surface area (Å²) in [6, 6.07) is 8.20. The lowest BCUT2D eigenvalue weighted by Gasteiger charge is -2.27. The van der Waals surface area contributed by atoms with Gasteiger partial charge in [-0.05, 0) is 87.8 Å². The van der Waals surface area contributed by atoms with Crippen molar-refractivity contribution in [2.75, 3.05) is 19.8 Å². The standard InChI is InChI=1S/C12H17N3.C11H15N3O.C9H12N4.C9H11N3.2C9H14N2/c1-5-9-7-10-8(3)13-11(6-2)14-12(10)15(9)4;1-4-7-6-8-10(14(7)3)12-9(5-2)13-11(8)15;1-3-7-6-4-5-13(2)8(6)12-9(10)11-7;1-3-8-7-4-5-12(2)9(7)11-6-10-8;2*1-5-9-6-11(4)8(3)10-7(9)2/h7H,5-6H2,1-4H3;6H,4-5H2,1-3H3,(H,12,13,15);4-5H,3H2,1-2H3,(H2,10,11,12);4-6H,3H2,1-2H3;6H,3,5H2,1-2,4H3;6,10H,2-3,5H2,1,4H3. The number of hydrogen-bond donors (Lipinski definition) is 3. The first-order valence-electron chi connectivity index (χ1n) is 26.7. The van der Waals surface area contributed by atoms with Gasteiger partial charge in [0.25, 0.3) is 5.56 Å². The third-order valence-corrected chi connectivity index (χ3v) is 13.6. The molecule has 2 aliphatic rings. The van der Waals surface area contributed by atoms with E-state index in [2.05, 4.69) is 161 Å². The zero-order valence-corrected chi connectivity index (χ0v) is 48.7. The Hall–Kier alpha value is -8.15. The summed E-state index contributed by atoms with van der Waals surface area (Å²) in [6.45, 7) is 32.3. The van der Waals surface area contributed by atoms with Crippen molar-refractivity contribution in [1.29, 1.82) is 0 Å². The van der Waals surface area contributed by atoms with Crippen LogP contribution in [0.3, 0.4) is 0 Å². The summed E-state index contributed by atoms with van der Waals surface area (Å²) in [5.41, 5.74) is 19.6. The predicted octanol–water partition coefficient (Wildman–Crippen LogP) is 10.4. The number of rotatable bonds is 8. The van der Waals surface area contributed by atoms with Gasteiger partial charge in [-0.1, -0.05) is 75.1 Å². The molecule has 0 unspecified atom stereocenters. The van der Waals surface area contributed by atoms with Gasteiger partial charge in [-0.3, -0.25) is 4.79 Å². The molecule has 0 aliphatic carbocycles. The van der Waals surface area contributed by atoms with Crippen molar-refractivity contribution >= 4 is 55.8 Å². The van der Waals surface area contributed by atoms with Crippen LogP contribution < -0.4 is 16.6 Å². The van der Waals surface area contributed by atoms with Crippen LogP contribution in [0.1, 0.15) is 115 Å². The molecule has 8 aromatic rings. The van der Waals surface area contributed by atoms with Crippen molar-refractivity contribution in [2.45, 2.75) is 121 Å². The third kappa shape index (κ3) is 14.2. The van der Waals surface area contributed by atoms with Crippen LogP contribution in [0.15, 0.2) is 113 Å². The number of nitrogens with one attached hydrogen (secondary N) is 2. The van der Waals surface area contributed by atoms with Crippen molar-refractivity contribution in [3.63, 3.8) is 0 Å². The first kappa shape index (κ1) is 59.7. The van der Waals surface area contributed by atoms with E-state index < -0.39 is 0 Å². The smallest absolute Gasteiger partial charge is 0.260 e. The summed E-state index contributed by atoms with van der Waals surface area (Å²) in [5, 5.41) is 7.24. The molecule has 0 spiro atoms. The second-order valence-electron chi connectivity index (χ2n) is 18.8. The van der Waals surface area contributed by atoms with Gasteiger partial charge in [-0.2, -0.15) is 4.98 Å². The molecule has 0 fully saturated rings. The predicted molar refractivity (Wildman–Crippen MR) is 318 cm³/mol. The largest absolute Gasteiger partial charge is 0.368 e. The number of anilines is 1. The van der Waals surface area contributed by atoms with Crippen molar-refractivity contribution in [3.05, 3.63) is 154 Å². The molecule has 410 valence electrons. The maximum absolute atomic E-state index is 11.7. The van der Waals surface area contributed by atoms with Crippen LogP contribution >= 0.6 is 0 Å². The van der Waals surface area contributed by atoms with Gasteiger partial charge < -0.3 is 44.1 Å². The number of nitrogens with two attached hydrogens (primary N) is 1. The van der Waals surface area contributed by atoms with E-state index in [1.165, 1.54) is 27.6 Å². The highest BCUT2D eigenvalue weighted by Gasteiger charge is 2.14. The number of aromatic nitrogens is 12. The molecule has 4 N–H and O–H groups in total. The lowest BCUT2D eigenvalue weighted by Crippen LogP contribution is -2.29. The molecule has 0 bridgehead atoms. The quantitative estimate of drug-likeness (QED) is 0.130. The SMILES string of the molecule is C=C1N=C(C)C(CC)=CN1C.C=C1NC(=C)N(C)C=C1CC.CCc1nc(C)c2cc(CC)n(C)c2n1.CCc1nc(N)nc2c1ccn2C.CCc1nc2c(cc(CC)n2C)c(=O)[nH]1.CCc1ncnc2c1ccn2C. The lowest BCUT2D eigenvalue weighted by molar-refractivity contribution is 0.505. The van der Waals surface area contributed by atoms with E-state index in [1.807, 2.05) is 97.1 Å². The van der Waals surface area contributed by atoms with Gasteiger partial charge in [-0.25, -0.2) is 34.9 Å². The monoisotopic (exact) mass is 1050 g/mol. The van der Waals surface area contributed by atoms with E-state index in [0.717, 1.165) is 137 Å². The van der Waals surface area contributed by atoms with Crippen molar-refractivity contribution < 1.29 is 0 Å². The lowest BCUT2D eigenvalue weighted by atomic mass is 10.1. The van der Waals surface area contributed by atoms with Gasteiger partial charge in [0.05, 0.1) is 22.5 Å². The molecular weight excluding hydrogens is 963 g/mol. The van der Waals surface area contributed by atoms with Crippen LogP contribution in [-0.2, 0) is 66.7 Å². The zero-order chi connectivity index (χ0) is 56.8. The van der Waals surface area contributed by atoms with Crippen LogP contribution in [0.5, 0.6) is 0 Å². The normalized spacial score (nSPS) is 13.0. The number of fused-ring (bicyclic) bond motifs is 4. The van der Waals surface area contributed by atoms with E-state index in [9.17, 15) is 4.79 Å². The Kier molecular flexibility index (Phi) is 21.0. The highest BCUT2D eigenvalue weighted by Crippen LogP contribution is 2.22. The molecule has 77 heavy (non-hydrogen) atoms. The Morgan fingerprint density at radius 1 is 0.571 bits per heavy atom. The molecule has 0 radical (unpaired) electrons. The number of allylic oxidation sites excluding steroid dienone is 2. The molecule has 0 saturated heterocycles. The van der Waals surface area contributed by atoms with Gasteiger partial charge >= 0.3 is 0 Å². The van der Waals surface area contributed by atoms with Crippen molar-refractivity contribution in [3.8, 4) is 0 Å². The third-order valence-electron chi connectivity index (χ3n) is 13.6. The summed E-state index contributed by atoms with van der Waals surface area (Å²) in [4.78, 5) is 53.0. The summed E-state index contributed by atoms with van der Waals surface area (Å²) >= 11 is 0. The van der Waals surface area contributed by atoms with Gasteiger partial charge in [0.2, 0.25) is 5.95 Å². The van der Waals surface area contributed by atoms with Crippen LogP contribution in [0.2, 0.25) is 0 Å². The maximum atomic E-state index is 11.7. The van der Waals surface area contributed by atoms with E-state index in [0.29, 0.717) is 11.3 Å². The molecule has 10 heterocycles. The molecule has 0 aromatic carbocycles. The average molecular weight is 1050 g/mol. The number of nitrogen functional groups attached to an aromatic ring is 1. The molecule has 0 amide bonds. The zero-order valence-electron chi connectivity index (χ0n) is 48.7. The Morgan fingerprint density at radius 3 is 1.71 bits per heavy atom. The summed E-state index contributed by atoms with van der Waals surface area (Å²) in [5.74, 6) is 3.73. The molecule has 0 atom stereocenters. The van der Waals surface area contributed by atoms with Crippen LogP contribution in [0.25, 0.3) is 44.1 Å². The van der Waals surface area contributed by atoms with Crippen molar-refractivity contribution in [1.82, 2.24) is 73.3 Å². The van der Waals surface area contributed by atoms with Gasteiger partial charge in [0.1, 0.15) is 52.2 Å². The van der Waals surface area contributed by atoms with Gasteiger partial charge in [-0.15, -0.1) is 0 Å². The number of nitrogens with zero attached hydrogens (tertiary/aromatic N) is 14. The molecule has 0 saturated carbocycles. The van der Waals surface area contributed by atoms with Gasteiger partial charge in [0.15, 0.2) is 0 Å². The Balaban J connectivity index is 0.000000171. The molecule has 8 aromatic heterocycles. The fourth-order valence-electron chi connectivity index (χ4n) is 8.78. The number of aromatic amines is 1. The fourth-order valence-corrected chi connectivity index (χ4v) is 8.78. The summed E-state index contributed by atoms with van der Waals surface area (Å²) in [7, 11) is 11.9. The minimum Gasteiger partial charge on any atom is -0.368 e. The summed E-state index contributed by atoms with van der Waals surface area (Å²) in [6.07, 6.45) is 17.2. The highest BCUT2D eigenvalue weighted by molar-refractivity contribution is 5.99. The van der Waals surface area contributed by atoms with Crippen LogP contribution in [-0.4, -0.2) is 87.7 Å². The summed E-state index contributed by atoms with van der Waals surface area (Å²) < 4.78 is 8.12. The minimum atomic E-state index is -0.0350. The van der Waals surface area contributed by atoms with E-state index in [1.54, 1.807) is 6.33 Å².